The van der Waals surface area contributed by atoms with Crippen LogP contribution in [-0.2, 0) is 9.59 Å². The van der Waals surface area contributed by atoms with E-state index in [1.54, 1.807) is 6.07 Å². The summed E-state index contributed by atoms with van der Waals surface area (Å²) in [5, 5.41) is 11.4. The molecule has 0 bridgehead atoms. The lowest BCUT2D eigenvalue weighted by Gasteiger charge is -2.07. The van der Waals surface area contributed by atoms with Crippen molar-refractivity contribution in [2.75, 3.05) is 5.32 Å². The zero-order valence-corrected chi connectivity index (χ0v) is 11.8. The summed E-state index contributed by atoms with van der Waals surface area (Å²) >= 11 is 6.64. The molecule has 0 heterocycles. The molecule has 0 saturated heterocycles. The number of rotatable bonds is 3. The SMILES string of the molecule is O=C(O)[C@H]1C[C@H]1C(=O)Nc1ccc(Br)cc1Br. The number of carbonyl (C=O) groups excluding carboxylic acids is 1. The van der Waals surface area contributed by atoms with E-state index in [0.29, 0.717) is 12.1 Å². The number of hydrogen-bond donors (Lipinski definition) is 2. The quantitative estimate of drug-likeness (QED) is 0.868. The Morgan fingerprint density at radius 3 is 2.53 bits per heavy atom. The van der Waals surface area contributed by atoms with Crippen LogP contribution in [0.2, 0.25) is 0 Å². The molecule has 6 heteroatoms. The molecule has 1 fully saturated rings. The number of aliphatic carboxylic acids is 1. The molecule has 0 unspecified atom stereocenters. The van der Waals surface area contributed by atoms with Gasteiger partial charge >= 0.3 is 5.97 Å². The normalized spacial score (nSPS) is 22.0. The molecule has 0 spiro atoms. The van der Waals surface area contributed by atoms with E-state index in [-0.39, 0.29) is 5.91 Å². The van der Waals surface area contributed by atoms with Gasteiger partial charge in [-0.05, 0) is 40.5 Å². The predicted molar refractivity (Wildman–Crippen MR) is 69.7 cm³/mol. The highest BCUT2D eigenvalue weighted by molar-refractivity contribution is 9.11. The van der Waals surface area contributed by atoms with Crippen molar-refractivity contribution in [1.29, 1.82) is 0 Å². The van der Waals surface area contributed by atoms with Gasteiger partial charge in [0.15, 0.2) is 0 Å². The topological polar surface area (TPSA) is 66.4 Å². The van der Waals surface area contributed by atoms with Crippen LogP contribution in [0.5, 0.6) is 0 Å². The standard InChI is InChI=1S/C11H9Br2NO3/c12-5-1-2-9(8(13)3-5)14-10(15)6-4-7(6)11(16)17/h1-3,6-7H,4H2,(H,14,15)(H,16,17)/t6-,7+/m1/s1. The minimum atomic E-state index is -0.903. The Morgan fingerprint density at radius 2 is 2.00 bits per heavy atom. The Hall–Kier alpha value is -0.880. The summed E-state index contributed by atoms with van der Waals surface area (Å²) in [5.41, 5.74) is 0.647. The van der Waals surface area contributed by atoms with Gasteiger partial charge < -0.3 is 10.4 Å². The maximum atomic E-state index is 11.7. The average molecular weight is 363 g/mol. The Labute approximate surface area is 115 Å². The molecule has 1 amide bonds. The Kier molecular flexibility index (Phi) is 3.53. The number of benzene rings is 1. The monoisotopic (exact) mass is 361 g/mol. The van der Waals surface area contributed by atoms with Crippen molar-refractivity contribution in [3.05, 3.63) is 27.1 Å². The van der Waals surface area contributed by atoms with Crippen LogP contribution >= 0.6 is 31.9 Å². The molecule has 4 nitrogen and oxygen atoms in total. The molecule has 90 valence electrons. The first-order chi connectivity index (χ1) is 7.99. The van der Waals surface area contributed by atoms with E-state index in [1.807, 2.05) is 12.1 Å². The zero-order chi connectivity index (χ0) is 12.6. The molecule has 0 aliphatic heterocycles. The fraction of sp³-hybridized carbons (Fsp3) is 0.273. The summed E-state index contributed by atoms with van der Waals surface area (Å²) in [4.78, 5) is 22.4. The molecule has 2 rings (SSSR count). The van der Waals surface area contributed by atoms with E-state index in [0.717, 1.165) is 8.95 Å². The molecular weight excluding hydrogens is 354 g/mol. The summed E-state index contributed by atoms with van der Waals surface area (Å²) in [6.07, 6.45) is 0.426. The summed E-state index contributed by atoms with van der Waals surface area (Å²) in [6, 6.07) is 5.38. The van der Waals surface area contributed by atoms with Crippen molar-refractivity contribution in [1.82, 2.24) is 0 Å². The van der Waals surface area contributed by atoms with Gasteiger partial charge in [0.1, 0.15) is 0 Å². The van der Waals surface area contributed by atoms with Gasteiger partial charge in [-0.1, -0.05) is 15.9 Å². The average Bonchev–Trinajstić information content (AvgIpc) is 3.01. The summed E-state index contributed by atoms with van der Waals surface area (Å²) < 4.78 is 1.66. The predicted octanol–water partition coefficient (Wildman–Crippen LogP) is 2.87. The van der Waals surface area contributed by atoms with Crippen molar-refractivity contribution in [3.8, 4) is 0 Å². The lowest BCUT2D eigenvalue weighted by Crippen LogP contribution is -2.17. The Bertz CT molecular complexity index is 490. The van der Waals surface area contributed by atoms with Crippen molar-refractivity contribution in [2.45, 2.75) is 6.42 Å². The van der Waals surface area contributed by atoms with Crippen LogP contribution in [0.3, 0.4) is 0 Å². The van der Waals surface area contributed by atoms with Crippen LogP contribution in [0.25, 0.3) is 0 Å². The van der Waals surface area contributed by atoms with E-state index in [4.69, 9.17) is 5.11 Å². The van der Waals surface area contributed by atoms with Gasteiger partial charge in [-0.3, -0.25) is 9.59 Å². The smallest absolute Gasteiger partial charge is 0.307 e. The summed E-state index contributed by atoms with van der Waals surface area (Å²) in [6.45, 7) is 0. The number of amides is 1. The van der Waals surface area contributed by atoms with Gasteiger partial charge in [0.2, 0.25) is 5.91 Å². The highest BCUT2D eigenvalue weighted by atomic mass is 79.9. The maximum Gasteiger partial charge on any atom is 0.307 e. The lowest BCUT2D eigenvalue weighted by atomic mass is 10.2. The third-order valence-electron chi connectivity index (χ3n) is 2.63. The Morgan fingerprint density at radius 1 is 1.29 bits per heavy atom. The van der Waals surface area contributed by atoms with E-state index in [9.17, 15) is 9.59 Å². The molecule has 1 saturated carbocycles. The van der Waals surface area contributed by atoms with Crippen LogP contribution < -0.4 is 5.32 Å². The first-order valence-electron chi connectivity index (χ1n) is 4.98. The van der Waals surface area contributed by atoms with Crippen molar-refractivity contribution < 1.29 is 14.7 Å². The highest BCUT2D eigenvalue weighted by Crippen LogP contribution is 2.40. The molecule has 2 atom stereocenters. The van der Waals surface area contributed by atoms with Gasteiger partial charge in [0.25, 0.3) is 0 Å². The van der Waals surface area contributed by atoms with Gasteiger partial charge in [0.05, 0.1) is 17.5 Å². The van der Waals surface area contributed by atoms with Crippen molar-refractivity contribution in [2.24, 2.45) is 11.8 Å². The van der Waals surface area contributed by atoms with Crippen LogP contribution in [0, 0.1) is 11.8 Å². The molecule has 2 N–H and O–H groups in total. The van der Waals surface area contributed by atoms with Crippen LogP contribution in [0.4, 0.5) is 5.69 Å². The minimum absolute atomic E-state index is 0.236. The summed E-state index contributed by atoms with van der Waals surface area (Å²) in [7, 11) is 0. The fourth-order valence-electron chi connectivity index (χ4n) is 1.57. The maximum absolute atomic E-state index is 11.7. The molecule has 1 aliphatic carbocycles. The third-order valence-corrected chi connectivity index (χ3v) is 3.78. The number of nitrogens with one attached hydrogen (secondary N) is 1. The van der Waals surface area contributed by atoms with Crippen molar-refractivity contribution >= 4 is 49.4 Å². The first kappa shape index (κ1) is 12.6. The van der Waals surface area contributed by atoms with E-state index < -0.39 is 17.8 Å². The van der Waals surface area contributed by atoms with Crippen LogP contribution in [0.15, 0.2) is 27.1 Å². The largest absolute Gasteiger partial charge is 0.481 e. The minimum Gasteiger partial charge on any atom is -0.481 e. The van der Waals surface area contributed by atoms with Gasteiger partial charge in [-0.2, -0.15) is 0 Å². The number of carboxylic acid groups (broad SMARTS) is 1. The molecule has 0 aromatic heterocycles. The number of hydrogen-bond acceptors (Lipinski definition) is 2. The van der Waals surface area contributed by atoms with E-state index in [1.165, 1.54) is 0 Å². The summed E-state index contributed by atoms with van der Waals surface area (Å²) in [5.74, 6) is -2.06. The second-order valence-corrected chi connectivity index (χ2v) is 5.67. The zero-order valence-electron chi connectivity index (χ0n) is 8.61. The number of carboxylic acids is 1. The lowest BCUT2D eigenvalue weighted by molar-refractivity contribution is -0.139. The van der Waals surface area contributed by atoms with E-state index >= 15 is 0 Å². The van der Waals surface area contributed by atoms with Crippen LogP contribution in [0.1, 0.15) is 6.42 Å². The second-order valence-electron chi connectivity index (χ2n) is 3.90. The first-order valence-corrected chi connectivity index (χ1v) is 6.56. The number of anilines is 1. The number of halogens is 2. The van der Waals surface area contributed by atoms with Gasteiger partial charge in [-0.15, -0.1) is 0 Å². The van der Waals surface area contributed by atoms with Crippen LogP contribution in [-0.4, -0.2) is 17.0 Å². The molecule has 0 radical (unpaired) electrons. The van der Waals surface area contributed by atoms with Gasteiger partial charge in [0, 0.05) is 8.95 Å². The highest BCUT2D eigenvalue weighted by Gasteiger charge is 2.48. The number of carbonyl (C=O) groups is 2. The molecule has 1 aliphatic rings. The third kappa shape index (κ3) is 2.87. The molecule has 1 aromatic rings. The molecule has 1 aromatic carbocycles. The fourth-order valence-corrected chi connectivity index (χ4v) is 2.72. The van der Waals surface area contributed by atoms with E-state index in [2.05, 4.69) is 37.2 Å². The Balaban J connectivity index is 2.02. The van der Waals surface area contributed by atoms with Gasteiger partial charge in [-0.25, -0.2) is 0 Å². The molecular formula is C11H9Br2NO3. The molecule has 17 heavy (non-hydrogen) atoms. The second kappa shape index (κ2) is 4.78. The van der Waals surface area contributed by atoms with Crippen molar-refractivity contribution in [3.63, 3.8) is 0 Å².